The van der Waals surface area contributed by atoms with Crippen LogP contribution in [0.2, 0.25) is 0 Å². The minimum Gasteiger partial charge on any atom is -0.334 e. The minimum absolute atomic E-state index is 0.0363. The van der Waals surface area contributed by atoms with E-state index in [4.69, 9.17) is 0 Å². The number of thiazole rings is 1. The number of aromatic nitrogens is 1. The molecule has 1 aromatic rings. The van der Waals surface area contributed by atoms with Gasteiger partial charge in [0.15, 0.2) is 9.84 Å². The second kappa shape index (κ2) is 6.09. The van der Waals surface area contributed by atoms with E-state index in [1.165, 1.54) is 0 Å². The van der Waals surface area contributed by atoms with Crippen LogP contribution in [-0.2, 0) is 16.4 Å². The van der Waals surface area contributed by atoms with Gasteiger partial charge < -0.3 is 10.6 Å². The van der Waals surface area contributed by atoms with Crippen LogP contribution >= 0.6 is 11.3 Å². The molecule has 1 fully saturated rings. The van der Waals surface area contributed by atoms with Crippen molar-refractivity contribution in [3.63, 3.8) is 0 Å². The number of amides is 2. The number of rotatable bonds is 4. The molecule has 1 aliphatic heterocycles. The molecule has 2 heterocycles. The van der Waals surface area contributed by atoms with Gasteiger partial charge in [0, 0.05) is 17.3 Å². The number of urea groups is 1. The number of hydrogen-bond acceptors (Lipinski definition) is 5. The van der Waals surface area contributed by atoms with Crippen LogP contribution < -0.4 is 10.6 Å². The molecule has 1 aliphatic rings. The quantitative estimate of drug-likeness (QED) is 0.875. The Bertz CT molecular complexity index is 581. The molecule has 112 valence electrons. The molecule has 1 atom stereocenters. The zero-order chi connectivity index (χ0) is 14.8. The molecule has 0 aliphatic carbocycles. The third-order valence-electron chi connectivity index (χ3n) is 3.06. The number of hydrogen-bond donors (Lipinski definition) is 2. The van der Waals surface area contributed by atoms with Crippen LogP contribution in [0.1, 0.15) is 36.9 Å². The molecular formula is C12H19N3O3S2. The van der Waals surface area contributed by atoms with Crippen LogP contribution in [0.15, 0.2) is 5.38 Å². The molecule has 0 aromatic carbocycles. The first-order chi connectivity index (χ1) is 9.35. The molecule has 2 rings (SSSR count). The lowest BCUT2D eigenvalue weighted by atomic mass is 10.2. The van der Waals surface area contributed by atoms with Crippen molar-refractivity contribution in [3.05, 3.63) is 16.1 Å². The number of nitrogens with zero attached hydrogens (tertiary/aromatic N) is 1. The number of carbonyl (C=O) groups excluding carboxylic acids is 1. The third kappa shape index (κ3) is 4.17. The van der Waals surface area contributed by atoms with Crippen LogP contribution in [0.3, 0.4) is 0 Å². The van der Waals surface area contributed by atoms with Gasteiger partial charge in [-0.1, -0.05) is 13.8 Å². The summed E-state index contributed by atoms with van der Waals surface area (Å²) in [6.07, 6.45) is 0.490. The predicted molar refractivity (Wildman–Crippen MR) is 78.6 cm³/mol. The molecular weight excluding hydrogens is 298 g/mol. The first-order valence-electron chi connectivity index (χ1n) is 6.55. The highest BCUT2D eigenvalue weighted by Crippen LogP contribution is 2.18. The lowest BCUT2D eigenvalue weighted by Gasteiger charge is -2.11. The average molecular weight is 317 g/mol. The maximum atomic E-state index is 11.7. The van der Waals surface area contributed by atoms with Crippen molar-refractivity contribution in [2.24, 2.45) is 0 Å². The molecule has 6 nitrogen and oxygen atoms in total. The van der Waals surface area contributed by atoms with Crippen molar-refractivity contribution in [2.75, 3.05) is 11.5 Å². The summed E-state index contributed by atoms with van der Waals surface area (Å²) in [6, 6.07) is -0.618. The lowest BCUT2D eigenvalue weighted by molar-refractivity contribution is 0.237. The first kappa shape index (κ1) is 15.2. The Kier molecular flexibility index (Phi) is 4.64. The molecule has 2 N–H and O–H groups in total. The van der Waals surface area contributed by atoms with E-state index >= 15 is 0 Å². The Labute approximate surface area is 122 Å². The number of carbonyl (C=O) groups is 1. The minimum atomic E-state index is -2.97. The molecule has 1 saturated heterocycles. The summed E-state index contributed by atoms with van der Waals surface area (Å²) in [5.74, 6) is 0.572. The normalized spacial score (nSPS) is 21.1. The predicted octanol–water partition coefficient (Wildman–Crippen LogP) is 1.25. The fraction of sp³-hybridized carbons (Fsp3) is 0.667. The van der Waals surface area contributed by atoms with Gasteiger partial charge in [0.2, 0.25) is 0 Å². The van der Waals surface area contributed by atoms with Crippen LogP contribution in [0.5, 0.6) is 0 Å². The van der Waals surface area contributed by atoms with Gasteiger partial charge >= 0.3 is 6.03 Å². The molecule has 0 bridgehead atoms. The Balaban J connectivity index is 1.77. The monoisotopic (exact) mass is 317 g/mol. The number of nitrogens with one attached hydrogen (secondary N) is 2. The van der Waals surface area contributed by atoms with Crippen molar-refractivity contribution < 1.29 is 13.2 Å². The molecule has 0 unspecified atom stereocenters. The van der Waals surface area contributed by atoms with E-state index in [0.29, 0.717) is 18.9 Å². The van der Waals surface area contributed by atoms with E-state index < -0.39 is 9.84 Å². The van der Waals surface area contributed by atoms with E-state index in [2.05, 4.69) is 29.5 Å². The maximum Gasteiger partial charge on any atom is 0.315 e. The highest BCUT2D eigenvalue weighted by atomic mass is 32.2. The molecule has 1 aromatic heterocycles. The smallest absolute Gasteiger partial charge is 0.315 e. The zero-order valence-corrected chi connectivity index (χ0v) is 13.2. The summed E-state index contributed by atoms with van der Waals surface area (Å²) in [7, 11) is -2.97. The summed E-state index contributed by atoms with van der Waals surface area (Å²) in [4.78, 5) is 16.1. The first-order valence-corrected chi connectivity index (χ1v) is 9.25. The van der Waals surface area contributed by atoms with Crippen molar-refractivity contribution in [1.82, 2.24) is 15.6 Å². The average Bonchev–Trinajstić information content (AvgIpc) is 2.93. The number of sulfone groups is 1. The fourth-order valence-electron chi connectivity index (χ4n) is 1.99. The SMILES string of the molecule is CC(C)c1nc(CNC(=O)N[C@@H]2CCS(=O)(=O)C2)cs1. The van der Waals surface area contributed by atoms with Crippen LogP contribution in [0.25, 0.3) is 0 Å². The van der Waals surface area contributed by atoms with Crippen LogP contribution in [0, 0.1) is 0 Å². The van der Waals surface area contributed by atoms with Crippen molar-refractivity contribution in [1.29, 1.82) is 0 Å². The second-order valence-electron chi connectivity index (χ2n) is 5.26. The van der Waals surface area contributed by atoms with Gasteiger partial charge in [0.05, 0.1) is 28.8 Å². The van der Waals surface area contributed by atoms with Gasteiger partial charge in [-0.2, -0.15) is 0 Å². The van der Waals surface area contributed by atoms with Gasteiger partial charge in [-0.15, -0.1) is 11.3 Å². The topological polar surface area (TPSA) is 88.2 Å². The summed E-state index contributed by atoms with van der Waals surface area (Å²) in [6.45, 7) is 4.50. The summed E-state index contributed by atoms with van der Waals surface area (Å²) < 4.78 is 22.6. The molecule has 0 spiro atoms. The van der Waals surface area contributed by atoms with E-state index in [0.717, 1.165) is 10.7 Å². The summed E-state index contributed by atoms with van der Waals surface area (Å²) in [5, 5.41) is 8.36. The molecule has 8 heteroatoms. The van der Waals surface area contributed by atoms with E-state index in [-0.39, 0.29) is 23.6 Å². The Morgan fingerprint density at radius 1 is 1.55 bits per heavy atom. The Morgan fingerprint density at radius 2 is 2.30 bits per heavy atom. The van der Waals surface area contributed by atoms with Crippen molar-refractivity contribution >= 4 is 27.2 Å². The van der Waals surface area contributed by atoms with Gasteiger partial charge in [0.1, 0.15) is 0 Å². The largest absolute Gasteiger partial charge is 0.334 e. The van der Waals surface area contributed by atoms with Gasteiger partial charge in [-0.05, 0) is 6.42 Å². The summed E-state index contributed by atoms with van der Waals surface area (Å²) in [5.41, 5.74) is 0.827. The van der Waals surface area contributed by atoms with Crippen LogP contribution in [0.4, 0.5) is 4.79 Å². The highest BCUT2D eigenvalue weighted by molar-refractivity contribution is 7.91. The lowest BCUT2D eigenvalue weighted by Crippen LogP contribution is -2.42. The molecule has 0 saturated carbocycles. The molecule has 20 heavy (non-hydrogen) atoms. The highest BCUT2D eigenvalue weighted by Gasteiger charge is 2.28. The van der Waals surface area contributed by atoms with Gasteiger partial charge in [-0.25, -0.2) is 18.2 Å². The molecule has 0 radical (unpaired) electrons. The van der Waals surface area contributed by atoms with Crippen molar-refractivity contribution in [2.45, 2.75) is 38.8 Å². The van der Waals surface area contributed by atoms with Gasteiger partial charge in [-0.3, -0.25) is 0 Å². The maximum absolute atomic E-state index is 11.7. The Morgan fingerprint density at radius 3 is 2.85 bits per heavy atom. The fourth-order valence-corrected chi connectivity index (χ4v) is 4.49. The van der Waals surface area contributed by atoms with Crippen molar-refractivity contribution in [3.8, 4) is 0 Å². The standard InChI is InChI=1S/C12H19N3O3S2/c1-8(2)11-14-10(6-19-11)5-13-12(16)15-9-3-4-20(17,18)7-9/h6,8-9H,3-5,7H2,1-2H3,(H2,13,15,16)/t9-/m1/s1. The van der Waals surface area contributed by atoms with E-state index in [9.17, 15) is 13.2 Å². The van der Waals surface area contributed by atoms with E-state index in [1.807, 2.05) is 5.38 Å². The zero-order valence-electron chi connectivity index (χ0n) is 11.5. The van der Waals surface area contributed by atoms with E-state index in [1.54, 1.807) is 11.3 Å². The van der Waals surface area contributed by atoms with Gasteiger partial charge in [0.25, 0.3) is 0 Å². The Hall–Kier alpha value is -1.15. The summed E-state index contributed by atoms with van der Waals surface area (Å²) >= 11 is 1.58. The third-order valence-corrected chi connectivity index (χ3v) is 6.02. The molecule has 2 amide bonds. The second-order valence-corrected chi connectivity index (χ2v) is 8.38. The van der Waals surface area contributed by atoms with Crippen LogP contribution in [-0.4, -0.2) is 37.0 Å².